The molecule has 1 rings (SSSR count). The second kappa shape index (κ2) is 6.20. The van der Waals surface area contributed by atoms with Crippen LogP contribution >= 0.6 is 15.9 Å². The summed E-state index contributed by atoms with van der Waals surface area (Å²) in [5, 5.41) is 3.28. The van der Waals surface area contributed by atoms with Crippen LogP contribution in [0.25, 0.3) is 0 Å². The summed E-state index contributed by atoms with van der Waals surface area (Å²) >= 11 is 3.35. The van der Waals surface area contributed by atoms with E-state index in [-0.39, 0.29) is 11.9 Å². The number of rotatable bonds is 5. The summed E-state index contributed by atoms with van der Waals surface area (Å²) < 4.78 is 18.6. The molecule has 1 aromatic carbocycles. The van der Waals surface area contributed by atoms with Crippen LogP contribution in [0.3, 0.4) is 0 Å². The van der Waals surface area contributed by atoms with E-state index in [2.05, 4.69) is 21.2 Å². The third-order valence-electron chi connectivity index (χ3n) is 2.19. The smallest absolute Gasteiger partial charge is 0.124 e. The van der Waals surface area contributed by atoms with E-state index in [1.807, 2.05) is 6.92 Å². The van der Waals surface area contributed by atoms with Gasteiger partial charge in [-0.05, 0) is 24.6 Å². The first kappa shape index (κ1) is 12.6. The Kier molecular flexibility index (Phi) is 5.22. The van der Waals surface area contributed by atoms with Gasteiger partial charge in [0.1, 0.15) is 5.82 Å². The summed E-state index contributed by atoms with van der Waals surface area (Å²) in [7, 11) is 1.67. The normalized spacial score (nSPS) is 12.8. The molecule has 0 aromatic heterocycles. The van der Waals surface area contributed by atoms with Crippen LogP contribution in [0, 0.1) is 5.82 Å². The number of nitrogens with one attached hydrogen (secondary N) is 1. The Balaban J connectivity index is 2.61. The highest BCUT2D eigenvalue weighted by Gasteiger charge is 2.08. The van der Waals surface area contributed by atoms with Gasteiger partial charge in [-0.15, -0.1) is 0 Å². The number of ether oxygens (including phenoxy) is 1. The Morgan fingerprint density at radius 2 is 2.27 bits per heavy atom. The van der Waals surface area contributed by atoms with E-state index in [0.717, 1.165) is 16.6 Å². The maximum Gasteiger partial charge on any atom is 0.124 e. The molecule has 84 valence electrons. The highest BCUT2D eigenvalue weighted by atomic mass is 79.9. The van der Waals surface area contributed by atoms with Crippen LogP contribution in [0.5, 0.6) is 0 Å². The molecular formula is C11H15BrFNO. The molecular weight excluding hydrogens is 261 g/mol. The molecule has 0 radical (unpaired) electrons. The fraction of sp³-hybridized carbons (Fsp3) is 0.455. The average molecular weight is 276 g/mol. The minimum absolute atomic E-state index is 0.176. The van der Waals surface area contributed by atoms with Crippen molar-refractivity contribution in [3.63, 3.8) is 0 Å². The lowest BCUT2D eigenvalue weighted by Gasteiger charge is -2.15. The van der Waals surface area contributed by atoms with E-state index in [1.54, 1.807) is 13.2 Å². The van der Waals surface area contributed by atoms with Gasteiger partial charge in [-0.25, -0.2) is 4.39 Å². The molecule has 0 spiro atoms. The van der Waals surface area contributed by atoms with Crippen LogP contribution < -0.4 is 5.32 Å². The monoisotopic (exact) mass is 275 g/mol. The predicted molar refractivity (Wildman–Crippen MR) is 62.4 cm³/mol. The van der Waals surface area contributed by atoms with Gasteiger partial charge in [0.15, 0.2) is 0 Å². The molecule has 0 saturated carbocycles. The molecule has 0 fully saturated rings. The molecule has 4 heteroatoms. The fourth-order valence-corrected chi connectivity index (χ4v) is 2.03. The van der Waals surface area contributed by atoms with Gasteiger partial charge in [-0.1, -0.05) is 22.0 Å². The summed E-state index contributed by atoms with van der Waals surface area (Å²) in [4.78, 5) is 0. The van der Waals surface area contributed by atoms with Gasteiger partial charge in [-0.2, -0.15) is 0 Å². The number of hydrogen-bond donors (Lipinski definition) is 1. The van der Waals surface area contributed by atoms with Gasteiger partial charge in [0.2, 0.25) is 0 Å². The van der Waals surface area contributed by atoms with Crippen LogP contribution in [0.2, 0.25) is 0 Å². The van der Waals surface area contributed by atoms with Crippen molar-refractivity contribution in [2.75, 3.05) is 20.3 Å². The maximum atomic E-state index is 12.8. The highest BCUT2D eigenvalue weighted by Crippen LogP contribution is 2.23. The molecule has 0 saturated heterocycles. The summed E-state index contributed by atoms with van der Waals surface area (Å²) in [5.41, 5.74) is 1.05. The largest absolute Gasteiger partial charge is 0.383 e. The molecule has 0 bridgehead atoms. The van der Waals surface area contributed by atoms with Crippen molar-refractivity contribution in [3.05, 3.63) is 34.1 Å². The third-order valence-corrected chi connectivity index (χ3v) is 2.87. The van der Waals surface area contributed by atoms with E-state index in [1.165, 1.54) is 12.1 Å². The van der Waals surface area contributed by atoms with E-state index in [9.17, 15) is 4.39 Å². The second-order valence-electron chi connectivity index (χ2n) is 3.33. The van der Waals surface area contributed by atoms with Crippen LogP contribution in [-0.2, 0) is 4.74 Å². The maximum absolute atomic E-state index is 12.8. The van der Waals surface area contributed by atoms with Gasteiger partial charge < -0.3 is 10.1 Å². The molecule has 1 unspecified atom stereocenters. The molecule has 0 aliphatic heterocycles. The van der Waals surface area contributed by atoms with Gasteiger partial charge in [0.05, 0.1) is 6.61 Å². The van der Waals surface area contributed by atoms with Gasteiger partial charge in [-0.3, -0.25) is 0 Å². The molecule has 1 N–H and O–H groups in total. The van der Waals surface area contributed by atoms with Crippen molar-refractivity contribution in [2.45, 2.75) is 13.0 Å². The number of benzene rings is 1. The number of halogens is 2. The molecule has 0 amide bonds. The van der Waals surface area contributed by atoms with Crippen molar-refractivity contribution in [1.29, 1.82) is 0 Å². The predicted octanol–water partition coefficient (Wildman–Crippen LogP) is 2.89. The summed E-state index contributed by atoms with van der Waals surface area (Å²) in [6.45, 7) is 3.48. The first-order chi connectivity index (χ1) is 7.15. The van der Waals surface area contributed by atoms with Crippen molar-refractivity contribution >= 4 is 15.9 Å². The first-order valence-corrected chi connectivity index (χ1v) is 5.61. The van der Waals surface area contributed by atoms with Crippen LogP contribution in [0.1, 0.15) is 18.5 Å². The summed E-state index contributed by atoms with van der Waals surface area (Å²) in [6, 6.07) is 4.90. The zero-order chi connectivity index (χ0) is 11.3. The van der Waals surface area contributed by atoms with Crippen molar-refractivity contribution in [2.24, 2.45) is 0 Å². The Hall–Kier alpha value is -0.450. The molecule has 0 aliphatic carbocycles. The Bertz CT molecular complexity index is 319. The van der Waals surface area contributed by atoms with Gasteiger partial charge in [0.25, 0.3) is 0 Å². The Morgan fingerprint density at radius 1 is 1.53 bits per heavy atom. The average Bonchev–Trinajstić information content (AvgIpc) is 2.17. The summed E-state index contributed by atoms with van der Waals surface area (Å²) in [5.74, 6) is -0.227. The standard InChI is InChI=1S/C11H15BrFNO/c1-8(14-5-6-15-2)10-4-3-9(13)7-11(10)12/h3-4,7-8,14H,5-6H2,1-2H3. The Labute approximate surface area is 98.0 Å². The van der Waals surface area contributed by atoms with Crippen LogP contribution in [-0.4, -0.2) is 20.3 Å². The van der Waals surface area contributed by atoms with Crippen LogP contribution in [0.4, 0.5) is 4.39 Å². The minimum atomic E-state index is -0.227. The SMILES string of the molecule is COCCNC(C)c1ccc(F)cc1Br. The topological polar surface area (TPSA) is 21.3 Å². The molecule has 1 atom stereocenters. The lowest BCUT2D eigenvalue weighted by molar-refractivity contribution is 0.196. The minimum Gasteiger partial charge on any atom is -0.383 e. The number of methoxy groups -OCH3 is 1. The van der Waals surface area contributed by atoms with E-state index >= 15 is 0 Å². The fourth-order valence-electron chi connectivity index (χ4n) is 1.34. The van der Waals surface area contributed by atoms with Crippen molar-refractivity contribution in [3.8, 4) is 0 Å². The molecule has 0 heterocycles. The van der Waals surface area contributed by atoms with E-state index in [4.69, 9.17) is 4.74 Å². The third kappa shape index (κ3) is 3.89. The molecule has 15 heavy (non-hydrogen) atoms. The Morgan fingerprint density at radius 3 is 2.87 bits per heavy atom. The first-order valence-electron chi connectivity index (χ1n) is 4.82. The second-order valence-corrected chi connectivity index (χ2v) is 4.19. The van der Waals surface area contributed by atoms with Crippen molar-refractivity contribution < 1.29 is 9.13 Å². The zero-order valence-electron chi connectivity index (χ0n) is 8.89. The van der Waals surface area contributed by atoms with Crippen LogP contribution in [0.15, 0.2) is 22.7 Å². The quantitative estimate of drug-likeness (QED) is 0.835. The number of hydrogen-bond acceptors (Lipinski definition) is 2. The zero-order valence-corrected chi connectivity index (χ0v) is 10.5. The van der Waals surface area contributed by atoms with Gasteiger partial charge >= 0.3 is 0 Å². The van der Waals surface area contributed by atoms with Crippen molar-refractivity contribution in [1.82, 2.24) is 5.32 Å². The summed E-state index contributed by atoms with van der Waals surface area (Å²) in [6.07, 6.45) is 0. The molecule has 0 aliphatic rings. The molecule has 1 aromatic rings. The highest BCUT2D eigenvalue weighted by molar-refractivity contribution is 9.10. The van der Waals surface area contributed by atoms with E-state index < -0.39 is 0 Å². The van der Waals surface area contributed by atoms with E-state index in [0.29, 0.717) is 6.61 Å². The lowest BCUT2D eigenvalue weighted by atomic mass is 10.1. The molecule has 2 nitrogen and oxygen atoms in total. The van der Waals surface area contributed by atoms with Gasteiger partial charge in [0, 0.05) is 24.2 Å². The lowest BCUT2D eigenvalue weighted by Crippen LogP contribution is -2.23.